The first-order valence-corrected chi connectivity index (χ1v) is 6.72. The maximum absolute atomic E-state index is 10.4. The summed E-state index contributed by atoms with van der Waals surface area (Å²) in [4.78, 5) is 0. The molecule has 0 fully saturated rings. The second-order valence-electron chi connectivity index (χ2n) is 4.24. The van der Waals surface area contributed by atoms with Crippen molar-refractivity contribution in [3.05, 3.63) is 69.7 Å². The van der Waals surface area contributed by atoms with Crippen molar-refractivity contribution in [1.82, 2.24) is 0 Å². The van der Waals surface area contributed by atoms with E-state index < -0.39 is 6.10 Å². The zero-order valence-corrected chi connectivity index (χ0v) is 11.6. The lowest BCUT2D eigenvalue weighted by Gasteiger charge is -2.13. The van der Waals surface area contributed by atoms with Crippen molar-refractivity contribution < 1.29 is 5.11 Å². The summed E-state index contributed by atoms with van der Waals surface area (Å²) in [6.45, 7) is 0.621. The Balaban J connectivity index is 2.27. The monoisotopic (exact) mass is 305 g/mol. The lowest BCUT2D eigenvalue weighted by Crippen LogP contribution is -2.04. The summed E-state index contributed by atoms with van der Waals surface area (Å²) in [5, 5.41) is 10.4. The van der Waals surface area contributed by atoms with E-state index in [-0.39, 0.29) is 0 Å². The van der Waals surface area contributed by atoms with Gasteiger partial charge in [-0.15, -0.1) is 0 Å². The Hall–Kier alpha value is -1.16. The summed E-state index contributed by atoms with van der Waals surface area (Å²) in [7, 11) is 0. The third-order valence-electron chi connectivity index (χ3n) is 2.86. The molecule has 0 saturated heterocycles. The minimum atomic E-state index is -0.597. The quantitative estimate of drug-likeness (QED) is 0.912. The summed E-state index contributed by atoms with van der Waals surface area (Å²) >= 11 is 3.41. The largest absolute Gasteiger partial charge is 0.384 e. The summed E-state index contributed by atoms with van der Waals surface area (Å²) in [5.74, 6) is 0. The molecule has 0 heterocycles. The minimum Gasteiger partial charge on any atom is -0.384 e. The Labute approximate surface area is 116 Å². The van der Waals surface area contributed by atoms with Crippen molar-refractivity contribution in [2.24, 2.45) is 5.73 Å². The highest BCUT2D eigenvalue weighted by Crippen LogP contribution is 2.25. The normalized spacial score (nSPS) is 12.4. The molecule has 0 saturated carbocycles. The lowest BCUT2D eigenvalue weighted by molar-refractivity contribution is 0.220. The van der Waals surface area contributed by atoms with E-state index >= 15 is 0 Å². The molecule has 1 atom stereocenters. The second kappa shape index (κ2) is 6.14. The van der Waals surface area contributed by atoms with Crippen LogP contribution in [0.4, 0.5) is 0 Å². The summed E-state index contributed by atoms with van der Waals surface area (Å²) in [5.41, 5.74) is 8.49. The van der Waals surface area contributed by atoms with Crippen LogP contribution in [0, 0.1) is 0 Å². The molecular formula is C15H16BrNO. The van der Waals surface area contributed by atoms with Crippen LogP contribution in [0.5, 0.6) is 0 Å². The number of hydrogen-bond acceptors (Lipinski definition) is 2. The van der Waals surface area contributed by atoms with Crippen molar-refractivity contribution in [3.63, 3.8) is 0 Å². The minimum absolute atomic E-state index is 0.597. The van der Waals surface area contributed by atoms with Crippen LogP contribution >= 0.6 is 15.9 Å². The maximum atomic E-state index is 10.4. The zero-order valence-electron chi connectivity index (χ0n) is 10.0. The van der Waals surface area contributed by atoms with Crippen LogP contribution in [0.2, 0.25) is 0 Å². The van der Waals surface area contributed by atoms with Gasteiger partial charge in [0.1, 0.15) is 6.10 Å². The van der Waals surface area contributed by atoms with E-state index in [1.807, 2.05) is 48.5 Å². The van der Waals surface area contributed by atoms with Gasteiger partial charge in [-0.2, -0.15) is 0 Å². The molecule has 1 unspecified atom stereocenters. The predicted molar refractivity (Wildman–Crippen MR) is 77.4 cm³/mol. The van der Waals surface area contributed by atoms with Crippen LogP contribution in [0.15, 0.2) is 53.0 Å². The van der Waals surface area contributed by atoms with Crippen LogP contribution in [0.25, 0.3) is 0 Å². The molecule has 2 aromatic rings. The molecule has 0 bridgehead atoms. The smallest absolute Gasteiger partial charge is 0.104 e. The predicted octanol–water partition coefficient (Wildman–Crippen LogP) is 3.03. The van der Waals surface area contributed by atoms with Crippen molar-refractivity contribution >= 4 is 15.9 Å². The van der Waals surface area contributed by atoms with Gasteiger partial charge in [-0.05, 0) is 41.8 Å². The van der Waals surface area contributed by atoms with Crippen LogP contribution in [-0.2, 0) is 6.42 Å². The Kier molecular flexibility index (Phi) is 4.53. The average Bonchev–Trinajstić information content (AvgIpc) is 2.39. The Morgan fingerprint density at radius 3 is 2.39 bits per heavy atom. The van der Waals surface area contributed by atoms with Gasteiger partial charge in [0.25, 0.3) is 0 Å². The van der Waals surface area contributed by atoms with Gasteiger partial charge in [0.15, 0.2) is 0 Å². The number of halogens is 1. The highest BCUT2D eigenvalue weighted by atomic mass is 79.9. The van der Waals surface area contributed by atoms with Crippen molar-refractivity contribution in [3.8, 4) is 0 Å². The summed E-state index contributed by atoms with van der Waals surface area (Å²) < 4.78 is 0.970. The second-order valence-corrected chi connectivity index (χ2v) is 5.16. The van der Waals surface area contributed by atoms with Crippen molar-refractivity contribution in [1.29, 1.82) is 0 Å². The SMILES string of the molecule is NCCc1cccc(C(O)c2cccc(Br)c2)c1. The van der Waals surface area contributed by atoms with E-state index in [0.717, 1.165) is 27.6 Å². The highest BCUT2D eigenvalue weighted by Gasteiger charge is 2.10. The van der Waals surface area contributed by atoms with E-state index in [1.165, 1.54) is 0 Å². The molecule has 0 amide bonds. The number of hydrogen-bond donors (Lipinski definition) is 2. The first kappa shape index (κ1) is 13.3. The van der Waals surface area contributed by atoms with E-state index in [0.29, 0.717) is 6.54 Å². The third kappa shape index (κ3) is 3.19. The highest BCUT2D eigenvalue weighted by molar-refractivity contribution is 9.10. The van der Waals surface area contributed by atoms with Gasteiger partial charge >= 0.3 is 0 Å². The number of rotatable bonds is 4. The summed E-state index contributed by atoms with van der Waals surface area (Å²) in [6, 6.07) is 15.7. The van der Waals surface area contributed by atoms with Crippen LogP contribution in [0.1, 0.15) is 22.8 Å². The Bertz CT molecular complexity index is 527. The van der Waals surface area contributed by atoms with Crippen molar-refractivity contribution in [2.45, 2.75) is 12.5 Å². The molecule has 94 valence electrons. The Morgan fingerprint density at radius 2 is 1.72 bits per heavy atom. The molecule has 0 aliphatic heterocycles. The molecule has 2 rings (SSSR count). The molecule has 0 spiro atoms. The van der Waals surface area contributed by atoms with Gasteiger partial charge in [0.05, 0.1) is 0 Å². The fourth-order valence-corrected chi connectivity index (χ4v) is 2.37. The Morgan fingerprint density at radius 1 is 1.06 bits per heavy atom. The number of aliphatic hydroxyl groups is 1. The van der Waals surface area contributed by atoms with Gasteiger partial charge in [0, 0.05) is 4.47 Å². The molecule has 18 heavy (non-hydrogen) atoms. The molecule has 2 aromatic carbocycles. The lowest BCUT2D eigenvalue weighted by atomic mass is 9.99. The van der Waals surface area contributed by atoms with E-state index in [9.17, 15) is 5.11 Å². The average molecular weight is 306 g/mol. The maximum Gasteiger partial charge on any atom is 0.104 e. The molecule has 0 aliphatic carbocycles. The standard InChI is InChI=1S/C15H16BrNO/c16-14-6-2-5-13(10-14)15(18)12-4-1-3-11(9-12)7-8-17/h1-6,9-10,15,18H,7-8,17H2. The number of aliphatic hydroxyl groups excluding tert-OH is 1. The topological polar surface area (TPSA) is 46.2 Å². The summed E-state index contributed by atoms with van der Waals surface area (Å²) in [6.07, 6.45) is 0.235. The van der Waals surface area contributed by atoms with Crippen molar-refractivity contribution in [2.75, 3.05) is 6.54 Å². The molecule has 0 aliphatic rings. The fourth-order valence-electron chi connectivity index (χ4n) is 1.95. The van der Waals surface area contributed by atoms with E-state index in [2.05, 4.69) is 15.9 Å². The molecular weight excluding hydrogens is 290 g/mol. The molecule has 3 N–H and O–H groups in total. The van der Waals surface area contributed by atoms with Gasteiger partial charge in [0.2, 0.25) is 0 Å². The van der Waals surface area contributed by atoms with Crippen LogP contribution < -0.4 is 5.73 Å². The molecule has 0 radical (unpaired) electrons. The number of nitrogens with two attached hydrogens (primary N) is 1. The third-order valence-corrected chi connectivity index (χ3v) is 3.36. The first-order valence-electron chi connectivity index (χ1n) is 5.93. The van der Waals surface area contributed by atoms with Gasteiger partial charge in [-0.3, -0.25) is 0 Å². The first-order chi connectivity index (χ1) is 8.70. The van der Waals surface area contributed by atoms with Crippen LogP contribution in [-0.4, -0.2) is 11.7 Å². The fraction of sp³-hybridized carbons (Fsp3) is 0.200. The van der Waals surface area contributed by atoms with E-state index in [4.69, 9.17) is 5.73 Å². The zero-order chi connectivity index (χ0) is 13.0. The van der Waals surface area contributed by atoms with Gasteiger partial charge < -0.3 is 10.8 Å². The van der Waals surface area contributed by atoms with Gasteiger partial charge in [-0.1, -0.05) is 52.3 Å². The molecule has 2 nitrogen and oxygen atoms in total. The van der Waals surface area contributed by atoms with Gasteiger partial charge in [-0.25, -0.2) is 0 Å². The molecule has 3 heteroatoms. The van der Waals surface area contributed by atoms with Crippen LogP contribution in [0.3, 0.4) is 0 Å². The molecule has 0 aromatic heterocycles. The van der Waals surface area contributed by atoms with E-state index in [1.54, 1.807) is 0 Å². The number of benzene rings is 2.